The zero-order valence-electron chi connectivity index (χ0n) is 19.7. The summed E-state index contributed by atoms with van der Waals surface area (Å²) in [5, 5.41) is 25.5. The van der Waals surface area contributed by atoms with Crippen molar-refractivity contribution in [3.8, 4) is 0 Å². The summed E-state index contributed by atoms with van der Waals surface area (Å²) < 4.78 is 30.3. The maximum atomic E-state index is 12.8. The summed E-state index contributed by atoms with van der Waals surface area (Å²) in [7, 11) is -4.69. The molecule has 3 N–H and O–H groups in total. The van der Waals surface area contributed by atoms with Crippen molar-refractivity contribution in [3.05, 3.63) is 39.9 Å². The number of amides is 2. The second-order valence-corrected chi connectivity index (χ2v) is 12.1. The minimum absolute atomic E-state index is 0.00928. The van der Waals surface area contributed by atoms with Gasteiger partial charge in [0.1, 0.15) is 5.60 Å². The number of likely N-dealkylation sites (tertiary alicyclic amines) is 1. The molecule has 35 heavy (non-hydrogen) atoms. The summed E-state index contributed by atoms with van der Waals surface area (Å²) in [5.41, 5.74) is -2.33. The number of nitrogens with two attached hydrogens (primary N) is 1. The van der Waals surface area contributed by atoms with Gasteiger partial charge in [-0.2, -0.15) is 12.7 Å². The molecule has 2 atom stereocenters. The van der Waals surface area contributed by atoms with Crippen molar-refractivity contribution in [2.24, 2.45) is 5.14 Å². The van der Waals surface area contributed by atoms with Crippen LogP contribution in [0.4, 0.5) is 15.3 Å². The lowest BCUT2D eigenvalue weighted by molar-refractivity contribution is -0.384. The molecule has 1 aromatic rings. The monoisotopic (exact) mass is 532 g/mol. The lowest BCUT2D eigenvalue weighted by Gasteiger charge is -2.40. The van der Waals surface area contributed by atoms with Crippen LogP contribution in [0.15, 0.2) is 24.3 Å². The molecule has 0 aliphatic carbocycles. The van der Waals surface area contributed by atoms with Gasteiger partial charge < -0.3 is 9.84 Å². The molecule has 0 radical (unpaired) electrons. The first kappa shape index (κ1) is 28.3. The minimum atomic E-state index is -4.69. The molecule has 0 saturated carbocycles. The van der Waals surface area contributed by atoms with Crippen LogP contribution in [0.25, 0.3) is 0 Å². The Kier molecular flexibility index (Phi) is 8.40. The molecule has 1 saturated heterocycles. The number of hydrogen-bond acceptors (Lipinski definition) is 9. The predicted molar refractivity (Wildman–Crippen MR) is 127 cm³/mol. The number of nitro groups is 1. The number of carboxylic acid groups (broad SMARTS) is 1. The summed E-state index contributed by atoms with van der Waals surface area (Å²) in [6.45, 7) is 5.11. The smallest absolute Gasteiger partial charge is 0.425 e. The lowest BCUT2D eigenvalue weighted by Crippen LogP contribution is -2.59. The number of ether oxygens (including phenoxy) is 1. The number of carbonyl (C=O) groups excluding carboxylic acids is 2. The van der Waals surface area contributed by atoms with Gasteiger partial charge in [-0.25, -0.2) is 14.7 Å². The van der Waals surface area contributed by atoms with E-state index in [1.54, 1.807) is 0 Å². The highest BCUT2D eigenvalue weighted by Crippen LogP contribution is 2.40. The molecule has 0 bridgehead atoms. The van der Waals surface area contributed by atoms with Crippen molar-refractivity contribution in [2.75, 3.05) is 13.1 Å². The highest BCUT2D eigenvalue weighted by molar-refractivity contribution is 8.14. The van der Waals surface area contributed by atoms with Crippen LogP contribution in [0.3, 0.4) is 0 Å². The minimum Gasteiger partial charge on any atom is -0.465 e. The number of benzene rings is 1. The Hall–Kier alpha value is -2.91. The molecule has 194 valence electrons. The molecular formula is C20H28N4O9S2. The number of hydrogen-bond donors (Lipinski definition) is 2. The lowest BCUT2D eigenvalue weighted by atomic mass is 9.87. The molecule has 2 unspecified atom stereocenters. The van der Waals surface area contributed by atoms with Gasteiger partial charge in [0, 0.05) is 30.9 Å². The van der Waals surface area contributed by atoms with E-state index in [2.05, 4.69) is 0 Å². The molecule has 1 heterocycles. The van der Waals surface area contributed by atoms with Crippen LogP contribution in [-0.4, -0.2) is 74.4 Å². The summed E-state index contributed by atoms with van der Waals surface area (Å²) in [6.07, 6.45) is -2.77. The maximum absolute atomic E-state index is 12.8. The van der Waals surface area contributed by atoms with E-state index in [9.17, 15) is 38.0 Å². The molecule has 0 aromatic heterocycles. The Morgan fingerprint density at radius 2 is 1.89 bits per heavy atom. The van der Waals surface area contributed by atoms with Gasteiger partial charge in [-0.15, -0.1) is 0 Å². The number of rotatable bonds is 7. The average Bonchev–Trinajstić information content (AvgIpc) is 3.01. The van der Waals surface area contributed by atoms with Crippen molar-refractivity contribution < 1.29 is 37.6 Å². The topological polar surface area (TPSA) is 190 Å². The molecule has 1 aliphatic heterocycles. The van der Waals surface area contributed by atoms with E-state index in [4.69, 9.17) is 9.88 Å². The molecule has 1 aliphatic rings. The SMILES string of the molecule is CC(=O)SC1CN(C(=O)O)C(Cc2ccc([N+](=O)[O-])cc2)(CN(C(=O)OC(C)(C)C)S(N)(=O)=O)C1. The zero-order chi connectivity index (χ0) is 26.8. The average molecular weight is 533 g/mol. The van der Waals surface area contributed by atoms with Crippen molar-refractivity contribution in [1.82, 2.24) is 9.21 Å². The summed E-state index contributed by atoms with van der Waals surface area (Å²) in [5.74, 6) is 0. The molecule has 13 nitrogen and oxygen atoms in total. The van der Waals surface area contributed by atoms with Crippen molar-refractivity contribution >= 4 is 45.0 Å². The molecule has 2 amide bonds. The molecule has 1 fully saturated rings. The Bertz CT molecular complexity index is 1100. The van der Waals surface area contributed by atoms with Crippen molar-refractivity contribution in [2.45, 2.75) is 56.9 Å². The van der Waals surface area contributed by atoms with Crippen LogP contribution in [0.2, 0.25) is 0 Å². The number of nitro benzene ring substituents is 1. The van der Waals surface area contributed by atoms with E-state index < -0.39 is 50.3 Å². The normalized spacial score (nSPS) is 20.4. The van der Waals surface area contributed by atoms with Crippen LogP contribution in [0.5, 0.6) is 0 Å². The highest BCUT2D eigenvalue weighted by Gasteiger charge is 2.52. The maximum Gasteiger partial charge on any atom is 0.425 e. The van der Waals surface area contributed by atoms with Gasteiger partial charge in [-0.3, -0.25) is 19.8 Å². The molecule has 15 heteroatoms. The van der Waals surface area contributed by atoms with Gasteiger partial charge >= 0.3 is 22.4 Å². The predicted octanol–water partition coefficient (Wildman–Crippen LogP) is 2.35. The van der Waals surface area contributed by atoms with E-state index in [1.807, 2.05) is 0 Å². The van der Waals surface area contributed by atoms with E-state index >= 15 is 0 Å². The Balaban J connectivity index is 2.58. The third-order valence-corrected chi connectivity index (χ3v) is 7.03. The van der Waals surface area contributed by atoms with Gasteiger partial charge in [0.25, 0.3) is 5.69 Å². The summed E-state index contributed by atoms with van der Waals surface area (Å²) in [6, 6.07) is 5.30. The third kappa shape index (κ3) is 7.53. The van der Waals surface area contributed by atoms with E-state index in [0.717, 1.165) is 16.7 Å². The van der Waals surface area contributed by atoms with E-state index in [0.29, 0.717) is 5.56 Å². The van der Waals surface area contributed by atoms with Crippen LogP contribution >= 0.6 is 11.8 Å². The third-order valence-electron chi connectivity index (χ3n) is 5.15. The first-order valence-electron chi connectivity index (χ1n) is 10.4. The van der Waals surface area contributed by atoms with Crippen molar-refractivity contribution in [1.29, 1.82) is 0 Å². The Morgan fingerprint density at radius 1 is 1.31 bits per heavy atom. The van der Waals surface area contributed by atoms with Crippen LogP contribution in [0.1, 0.15) is 39.7 Å². The quantitative estimate of drug-likeness (QED) is 0.389. The van der Waals surface area contributed by atoms with Crippen molar-refractivity contribution in [3.63, 3.8) is 0 Å². The van der Waals surface area contributed by atoms with Crippen LogP contribution in [-0.2, 0) is 26.2 Å². The molecule has 1 aromatic carbocycles. The fourth-order valence-electron chi connectivity index (χ4n) is 3.92. The zero-order valence-corrected chi connectivity index (χ0v) is 21.3. The number of thioether (sulfide) groups is 1. The van der Waals surface area contributed by atoms with E-state index in [1.165, 1.54) is 52.0 Å². The summed E-state index contributed by atoms with van der Waals surface area (Å²) in [4.78, 5) is 48.1. The molecule has 0 spiro atoms. The van der Waals surface area contributed by atoms with Crippen LogP contribution < -0.4 is 5.14 Å². The number of nitrogens with zero attached hydrogens (tertiary/aromatic N) is 3. The van der Waals surface area contributed by atoms with Gasteiger partial charge in [0.05, 0.1) is 17.0 Å². The Morgan fingerprint density at radius 3 is 2.31 bits per heavy atom. The standard InChI is InChI=1S/C20H28N4O9S2/c1-13(25)34-16-10-20(22(11-16)17(26)27,9-14-5-7-15(8-6-14)24(29)30)12-23(35(21,31)32)18(28)33-19(2,3)4/h5-8,16H,9-12H2,1-4H3,(H,26,27)(H2,21,31,32). The second kappa shape index (κ2) is 10.4. The highest BCUT2D eigenvalue weighted by atomic mass is 32.2. The molecule has 2 rings (SSSR count). The first-order valence-corrected chi connectivity index (χ1v) is 12.8. The van der Waals surface area contributed by atoms with Crippen LogP contribution in [0, 0.1) is 10.1 Å². The largest absolute Gasteiger partial charge is 0.465 e. The van der Waals surface area contributed by atoms with Gasteiger partial charge in [-0.1, -0.05) is 23.9 Å². The second-order valence-electron chi connectivity index (χ2n) is 9.19. The molecular weight excluding hydrogens is 504 g/mol. The Labute approximate surface area is 206 Å². The van der Waals surface area contributed by atoms with Gasteiger partial charge in [-0.05, 0) is 39.2 Å². The number of non-ortho nitro benzene ring substituents is 1. The van der Waals surface area contributed by atoms with Gasteiger partial charge in [0.15, 0.2) is 5.12 Å². The summed E-state index contributed by atoms with van der Waals surface area (Å²) >= 11 is 0.907. The van der Waals surface area contributed by atoms with E-state index in [-0.39, 0.29) is 34.5 Å². The number of carbonyl (C=O) groups is 3. The first-order chi connectivity index (χ1) is 15.9. The fraction of sp³-hybridized carbons (Fsp3) is 0.550. The fourth-order valence-corrected chi connectivity index (χ4v) is 5.67. The van der Waals surface area contributed by atoms with Gasteiger partial charge in [0.2, 0.25) is 0 Å².